The lowest BCUT2D eigenvalue weighted by Gasteiger charge is -2.20. The van der Waals surface area contributed by atoms with Gasteiger partial charge in [-0.3, -0.25) is 19.1 Å². The molecule has 1 aliphatic heterocycles. The monoisotopic (exact) mass is 610 g/mol. The van der Waals surface area contributed by atoms with E-state index >= 15 is 0 Å². The van der Waals surface area contributed by atoms with Crippen LogP contribution in [-0.4, -0.2) is 26.2 Å². The van der Waals surface area contributed by atoms with Crippen LogP contribution in [0, 0.1) is 24.1 Å². The fraction of sp³-hybridized carbons (Fsp3) is 0.515. The quantitative estimate of drug-likeness (QED) is 0.110. The third-order valence-electron chi connectivity index (χ3n) is 7.58. The van der Waals surface area contributed by atoms with Gasteiger partial charge in [0, 0.05) is 25.2 Å². The first-order valence-corrected chi connectivity index (χ1v) is 16.5. The van der Waals surface area contributed by atoms with Crippen LogP contribution in [0.15, 0.2) is 34.0 Å². The van der Waals surface area contributed by atoms with Crippen molar-refractivity contribution in [3.63, 3.8) is 0 Å². The third-order valence-corrected chi connectivity index (χ3v) is 8.96. The zero-order valence-electron chi connectivity index (χ0n) is 25.1. The van der Waals surface area contributed by atoms with Crippen molar-refractivity contribution in [2.24, 2.45) is 0 Å². The molecule has 1 aromatic heterocycles. The number of thioether (sulfide) groups is 1. The minimum absolute atomic E-state index is 0.0582. The van der Waals surface area contributed by atoms with Crippen LogP contribution in [0.2, 0.25) is 0 Å². The number of carbonyl (C=O) groups is 1. The Balaban J connectivity index is 1.76. The molecule has 42 heavy (non-hydrogen) atoms. The highest BCUT2D eigenvalue weighted by atomic mass is 32.2. The number of hydrogen-bond donors (Lipinski definition) is 1. The zero-order valence-corrected chi connectivity index (χ0v) is 26.8. The number of nitriles is 1. The molecular formula is C33H43FN4O2S2. The van der Waals surface area contributed by atoms with Gasteiger partial charge in [0.1, 0.15) is 27.6 Å². The Morgan fingerprint density at radius 3 is 2.17 bits per heavy atom. The smallest absolute Gasteiger partial charge is 0.270 e. The summed E-state index contributed by atoms with van der Waals surface area (Å²) in [6, 6.07) is 8.21. The van der Waals surface area contributed by atoms with Gasteiger partial charge in [0.25, 0.3) is 11.5 Å². The molecule has 0 aliphatic carbocycles. The van der Waals surface area contributed by atoms with Crippen molar-refractivity contribution >= 4 is 46.1 Å². The summed E-state index contributed by atoms with van der Waals surface area (Å²) in [5.74, 6) is 0.0653. The third kappa shape index (κ3) is 9.02. The van der Waals surface area contributed by atoms with E-state index in [1.165, 1.54) is 68.8 Å². The number of thiocarbonyl (C=S) groups is 1. The van der Waals surface area contributed by atoms with Crippen molar-refractivity contribution in [2.45, 2.75) is 104 Å². The Morgan fingerprint density at radius 2 is 1.57 bits per heavy atom. The lowest BCUT2D eigenvalue weighted by atomic mass is 10.0. The van der Waals surface area contributed by atoms with Gasteiger partial charge in [-0.15, -0.1) is 0 Å². The van der Waals surface area contributed by atoms with E-state index in [4.69, 9.17) is 12.2 Å². The first-order valence-electron chi connectivity index (χ1n) is 15.2. The number of aromatic nitrogens is 1. The topological polar surface area (TPSA) is 78.1 Å². The summed E-state index contributed by atoms with van der Waals surface area (Å²) < 4.78 is 15.5. The number of amides is 1. The van der Waals surface area contributed by atoms with Crippen molar-refractivity contribution in [1.82, 2.24) is 9.47 Å². The average molecular weight is 611 g/mol. The highest BCUT2D eigenvalue weighted by molar-refractivity contribution is 8.26. The molecule has 0 radical (unpaired) electrons. The Bertz CT molecular complexity index is 1360. The van der Waals surface area contributed by atoms with E-state index in [2.05, 4.69) is 18.3 Å². The van der Waals surface area contributed by atoms with Crippen LogP contribution in [0.4, 0.5) is 10.2 Å². The van der Waals surface area contributed by atoms with Gasteiger partial charge in [0.2, 0.25) is 0 Å². The molecule has 0 bridgehead atoms. The summed E-state index contributed by atoms with van der Waals surface area (Å²) in [6.07, 6.45) is 14.6. The van der Waals surface area contributed by atoms with Crippen LogP contribution < -0.4 is 10.9 Å². The van der Waals surface area contributed by atoms with Gasteiger partial charge in [-0.1, -0.05) is 108 Å². The molecule has 1 aliphatic rings. The van der Waals surface area contributed by atoms with E-state index < -0.39 is 0 Å². The first kappa shape index (κ1) is 33.5. The SMILES string of the molecule is CCCCCCCCCCCCN1C(=O)/C(=C\c2c(C)c(C#N)c(=O)n(CCC)c2NCc2ccc(F)cc2)SC1=S. The van der Waals surface area contributed by atoms with Gasteiger partial charge in [0.15, 0.2) is 0 Å². The van der Waals surface area contributed by atoms with E-state index in [9.17, 15) is 19.2 Å². The second kappa shape index (κ2) is 17.2. The highest BCUT2D eigenvalue weighted by Gasteiger charge is 2.32. The maximum atomic E-state index is 13.4. The molecule has 2 aromatic rings. The standard InChI is InChI=1S/C33H43FN4O2S2/c1-4-6-7-8-9-10-11-12-13-14-20-38-32(40)29(42-33(38)41)21-27-24(3)28(22-35)31(39)37(19-5-2)30(27)36-23-25-15-17-26(34)18-16-25/h15-18,21,36H,4-14,19-20,23H2,1-3H3/b29-21+. The minimum atomic E-state index is -0.371. The molecule has 1 saturated heterocycles. The molecular weight excluding hydrogens is 568 g/mol. The van der Waals surface area contributed by atoms with Gasteiger partial charge < -0.3 is 5.32 Å². The molecule has 1 amide bonds. The number of carbonyl (C=O) groups excluding carboxylic acids is 1. The summed E-state index contributed by atoms with van der Waals surface area (Å²) in [6.45, 7) is 7.26. The van der Waals surface area contributed by atoms with Crippen molar-refractivity contribution in [1.29, 1.82) is 5.26 Å². The molecule has 0 spiro atoms. The maximum Gasteiger partial charge on any atom is 0.270 e. The molecule has 6 nitrogen and oxygen atoms in total. The molecule has 9 heteroatoms. The van der Waals surface area contributed by atoms with Crippen LogP contribution in [0.1, 0.15) is 107 Å². The fourth-order valence-corrected chi connectivity index (χ4v) is 6.45. The normalized spacial score (nSPS) is 14.2. The number of rotatable bonds is 17. The Kier molecular flexibility index (Phi) is 13.8. The molecule has 1 N–H and O–H groups in total. The number of benzene rings is 1. The van der Waals surface area contributed by atoms with E-state index in [-0.39, 0.29) is 22.8 Å². The summed E-state index contributed by atoms with van der Waals surface area (Å²) in [4.78, 5) is 28.8. The van der Waals surface area contributed by atoms with Gasteiger partial charge in [0.05, 0.1) is 4.91 Å². The van der Waals surface area contributed by atoms with E-state index in [0.717, 1.165) is 24.8 Å². The number of halogens is 1. The average Bonchev–Trinajstić information content (AvgIpc) is 3.24. The van der Waals surface area contributed by atoms with Crippen molar-refractivity contribution in [3.8, 4) is 6.07 Å². The van der Waals surface area contributed by atoms with Crippen LogP contribution in [-0.2, 0) is 17.9 Å². The van der Waals surface area contributed by atoms with Crippen LogP contribution in [0.3, 0.4) is 0 Å². The summed E-state index contributed by atoms with van der Waals surface area (Å²) in [5.41, 5.74) is 1.65. The molecule has 0 unspecified atom stereocenters. The molecule has 3 rings (SSSR count). The number of nitrogens with zero attached hydrogens (tertiary/aromatic N) is 3. The lowest BCUT2D eigenvalue weighted by Crippen LogP contribution is -2.29. The second-order valence-corrected chi connectivity index (χ2v) is 12.5. The summed E-state index contributed by atoms with van der Waals surface area (Å²) >= 11 is 6.84. The van der Waals surface area contributed by atoms with Crippen LogP contribution in [0.25, 0.3) is 6.08 Å². The number of anilines is 1. The molecule has 0 atom stereocenters. The van der Waals surface area contributed by atoms with E-state index in [1.807, 2.05) is 6.92 Å². The largest absolute Gasteiger partial charge is 0.367 e. The minimum Gasteiger partial charge on any atom is -0.367 e. The van der Waals surface area contributed by atoms with Gasteiger partial charge in [-0.05, 0) is 49.1 Å². The van der Waals surface area contributed by atoms with Crippen LogP contribution >= 0.6 is 24.0 Å². The van der Waals surface area contributed by atoms with E-state index in [0.29, 0.717) is 52.2 Å². The first-order chi connectivity index (χ1) is 20.3. The Morgan fingerprint density at radius 1 is 0.952 bits per heavy atom. The van der Waals surface area contributed by atoms with E-state index in [1.54, 1.807) is 34.6 Å². The number of pyridine rings is 1. The maximum absolute atomic E-state index is 13.4. The van der Waals surface area contributed by atoms with Crippen molar-refractivity contribution < 1.29 is 9.18 Å². The second-order valence-electron chi connectivity index (χ2n) is 10.8. The highest BCUT2D eigenvalue weighted by Crippen LogP contribution is 2.35. The summed E-state index contributed by atoms with van der Waals surface area (Å²) in [5, 5.41) is 13.2. The Labute approximate surface area is 259 Å². The van der Waals surface area contributed by atoms with Gasteiger partial charge in [-0.25, -0.2) is 4.39 Å². The molecule has 1 fully saturated rings. The number of hydrogen-bond acceptors (Lipinski definition) is 6. The molecule has 2 heterocycles. The lowest BCUT2D eigenvalue weighted by molar-refractivity contribution is -0.122. The zero-order chi connectivity index (χ0) is 30.5. The molecule has 226 valence electrons. The van der Waals surface area contributed by atoms with Crippen molar-refractivity contribution in [3.05, 3.63) is 67.6 Å². The van der Waals surface area contributed by atoms with Gasteiger partial charge >= 0.3 is 0 Å². The summed E-state index contributed by atoms with van der Waals surface area (Å²) in [7, 11) is 0. The van der Waals surface area contributed by atoms with Gasteiger partial charge in [-0.2, -0.15) is 5.26 Å². The predicted octanol–water partition coefficient (Wildman–Crippen LogP) is 8.31. The molecule has 1 aromatic carbocycles. The molecule has 0 saturated carbocycles. The van der Waals surface area contributed by atoms with Crippen LogP contribution in [0.5, 0.6) is 0 Å². The fourth-order valence-electron chi connectivity index (χ4n) is 5.16. The number of nitrogens with one attached hydrogen (secondary N) is 1. The Hall–Kier alpha value is -2.96. The predicted molar refractivity (Wildman–Crippen MR) is 176 cm³/mol. The van der Waals surface area contributed by atoms with Crippen molar-refractivity contribution in [2.75, 3.05) is 11.9 Å². The number of unbranched alkanes of at least 4 members (excludes halogenated alkanes) is 9.